The van der Waals surface area contributed by atoms with Gasteiger partial charge in [0.2, 0.25) is 0 Å². The monoisotopic (exact) mass is 467 g/mol. The summed E-state index contributed by atoms with van der Waals surface area (Å²) in [6, 6.07) is 22.0. The highest BCUT2D eigenvalue weighted by Gasteiger charge is 2.12. The van der Waals surface area contributed by atoms with Crippen molar-refractivity contribution >= 4 is 10.9 Å². The van der Waals surface area contributed by atoms with E-state index in [4.69, 9.17) is 9.72 Å². The molecule has 0 unspecified atom stereocenters. The second kappa shape index (κ2) is 10.4. The van der Waals surface area contributed by atoms with Crippen molar-refractivity contribution in [1.82, 2.24) is 14.5 Å². The Bertz CT molecular complexity index is 1350. The first-order chi connectivity index (χ1) is 17.1. The van der Waals surface area contributed by atoms with E-state index in [1.165, 1.54) is 37.9 Å². The number of aryl methyl sites for hydroxylation is 2. The smallest absolute Gasteiger partial charge is 0.265 e. The summed E-state index contributed by atoms with van der Waals surface area (Å²) in [6.45, 7) is 8.18. The first-order valence-electron chi connectivity index (χ1n) is 12.6. The van der Waals surface area contributed by atoms with Gasteiger partial charge in [-0.3, -0.25) is 9.36 Å². The van der Waals surface area contributed by atoms with E-state index >= 15 is 0 Å². The van der Waals surface area contributed by atoms with Crippen LogP contribution in [-0.4, -0.2) is 40.7 Å². The summed E-state index contributed by atoms with van der Waals surface area (Å²) >= 11 is 0. The van der Waals surface area contributed by atoms with Crippen molar-refractivity contribution in [3.63, 3.8) is 0 Å². The Balaban J connectivity index is 1.33. The molecule has 0 aliphatic carbocycles. The Labute approximate surface area is 207 Å². The molecule has 3 aromatic carbocycles. The molecule has 1 aliphatic heterocycles. The summed E-state index contributed by atoms with van der Waals surface area (Å²) in [5, 5.41) is 0.617. The SMILES string of the molecule is Cc1ccc(-c2ccc3nc(C)n(-c4ccc(OCCCN5CCCCC5)cc4)c(=O)c3c2)cc1. The molecule has 180 valence electrons. The van der Waals surface area contributed by atoms with Gasteiger partial charge < -0.3 is 9.64 Å². The van der Waals surface area contributed by atoms with Gasteiger partial charge in [0.05, 0.1) is 23.2 Å². The van der Waals surface area contributed by atoms with Crippen molar-refractivity contribution in [2.45, 2.75) is 39.5 Å². The van der Waals surface area contributed by atoms with Gasteiger partial charge in [0.1, 0.15) is 11.6 Å². The average molecular weight is 468 g/mol. The van der Waals surface area contributed by atoms with Gasteiger partial charge in [-0.2, -0.15) is 0 Å². The summed E-state index contributed by atoms with van der Waals surface area (Å²) in [5.74, 6) is 1.49. The topological polar surface area (TPSA) is 47.4 Å². The van der Waals surface area contributed by atoms with Crippen LogP contribution in [0.3, 0.4) is 0 Å². The second-order valence-electron chi connectivity index (χ2n) is 9.50. The van der Waals surface area contributed by atoms with Crippen LogP contribution in [0.25, 0.3) is 27.7 Å². The molecule has 0 bridgehead atoms. The third-order valence-electron chi connectivity index (χ3n) is 6.85. The number of hydrogen-bond acceptors (Lipinski definition) is 4. The van der Waals surface area contributed by atoms with Crippen LogP contribution in [0.2, 0.25) is 0 Å². The first-order valence-corrected chi connectivity index (χ1v) is 12.6. The predicted molar refractivity (Wildman–Crippen MR) is 143 cm³/mol. The van der Waals surface area contributed by atoms with Crippen molar-refractivity contribution in [3.05, 3.63) is 88.5 Å². The molecule has 0 atom stereocenters. The highest BCUT2D eigenvalue weighted by atomic mass is 16.5. The second-order valence-corrected chi connectivity index (χ2v) is 9.50. The Morgan fingerprint density at radius 2 is 1.57 bits per heavy atom. The molecule has 4 aromatic rings. The van der Waals surface area contributed by atoms with Crippen molar-refractivity contribution < 1.29 is 4.74 Å². The summed E-state index contributed by atoms with van der Waals surface area (Å²) < 4.78 is 7.64. The number of rotatable bonds is 7. The number of nitrogens with zero attached hydrogens (tertiary/aromatic N) is 3. The third kappa shape index (κ3) is 5.30. The molecule has 0 spiro atoms. The minimum atomic E-state index is -0.0586. The molecule has 0 N–H and O–H groups in total. The van der Waals surface area contributed by atoms with E-state index in [1.54, 1.807) is 4.57 Å². The Kier molecular flexibility index (Phi) is 6.96. The van der Waals surface area contributed by atoms with Crippen LogP contribution in [0.4, 0.5) is 0 Å². The number of hydrogen-bond donors (Lipinski definition) is 0. The van der Waals surface area contributed by atoms with Gasteiger partial charge in [-0.15, -0.1) is 0 Å². The lowest BCUT2D eigenvalue weighted by molar-refractivity contribution is 0.205. The number of fused-ring (bicyclic) bond motifs is 1. The first kappa shape index (κ1) is 23.3. The quantitative estimate of drug-likeness (QED) is 0.316. The molecular weight excluding hydrogens is 434 g/mol. The fourth-order valence-corrected chi connectivity index (χ4v) is 4.88. The van der Waals surface area contributed by atoms with Gasteiger partial charge in [-0.1, -0.05) is 42.3 Å². The van der Waals surface area contributed by atoms with Crippen molar-refractivity contribution in [3.8, 4) is 22.6 Å². The van der Waals surface area contributed by atoms with Crippen LogP contribution in [0.15, 0.2) is 71.5 Å². The summed E-state index contributed by atoms with van der Waals surface area (Å²) in [5.41, 5.74) is 4.77. The summed E-state index contributed by atoms with van der Waals surface area (Å²) in [7, 11) is 0. The zero-order valence-electron chi connectivity index (χ0n) is 20.7. The number of piperidine rings is 1. The highest BCUT2D eigenvalue weighted by Crippen LogP contribution is 2.24. The molecule has 0 amide bonds. The Hall–Kier alpha value is -3.44. The molecule has 1 saturated heterocycles. The average Bonchev–Trinajstić information content (AvgIpc) is 2.88. The molecular formula is C30H33N3O2. The van der Waals surface area contributed by atoms with Crippen LogP contribution in [-0.2, 0) is 0 Å². The van der Waals surface area contributed by atoms with E-state index in [1.807, 2.05) is 49.4 Å². The van der Waals surface area contributed by atoms with Gasteiger partial charge in [0.15, 0.2) is 0 Å². The lowest BCUT2D eigenvalue weighted by Crippen LogP contribution is -2.31. The van der Waals surface area contributed by atoms with Crippen molar-refractivity contribution in [1.29, 1.82) is 0 Å². The van der Waals surface area contributed by atoms with E-state index in [0.717, 1.165) is 35.5 Å². The zero-order chi connectivity index (χ0) is 24.2. The maximum Gasteiger partial charge on any atom is 0.265 e. The number of aromatic nitrogens is 2. The molecule has 0 radical (unpaired) electrons. The predicted octanol–water partition coefficient (Wildman–Crippen LogP) is 5.92. The lowest BCUT2D eigenvalue weighted by atomic mass is 10.0. The minimum absolute atomic E-state index is 0.0586. The number of likely N-dealkylation sites (tertiary alicyclic amines) is 1. The van der Waals surface area contributed by atoms with Gasteiger partial charge in [-0.25, -0.2) is 4.98 Å². The lowest BCUT2D eigenvalue weighted by Gasteiger charge is -2.26. The van der Waals surface area contributed by atoms with Crippen molar-refractivity contribution in [2.75, 3.05) is 26.2 Å². The molecule has 35 heavy (non-hydrogen) atoms. The molecule has 5 nitrogen and oxygen atoms in total. The van der Waals surface area contributed by atoms with Gasteiger partial charge in [0, 0.05) is 6.54 Å². The summed E-state index contributed by atoms with van der Waals surface area (Å²) in [4.78, 5) is 20.8. The summed E-state index contributed by atoms with van der Waals surface area (Å²) in [6.07, 6.45) is 5.02. The normalized spacial score (nSPS) is 14.3. The van der Waals surface area contributed by atoms with E-state index in [9.17, 15) is 4.79 Å². The van der Waals surface area contributed by atoms with E-state index in [2.05, 4.69) is 36.1 Å². The molecule has 1 fully saturated rings. The van der Waals surface area contributed by atoms with Crippen LogP contribution < -0.4 is 10.3 Å². The number of benzene rings is 3. The van der Waals surface area contributed by atoms with Crippen LogP contribution >= 0.6 is 0 Å². The Morgan fingerprint density at radius 3 is 2.31 bits per heavy atom. The van der Waals surface area contributed by atoms with E-state index < -0.39 is 0 Å². The number of ether oxygens (including phenoxy) is 1. The molecule has 2 heterocycles. The van der Waals surface area contributed by atoms with Gasteiger partial charge in [-0.05, 0) is 93.7 Å². The van der Waals surface area contributed by atoms with Gasteiger partial charge in [0.25, 0.3) is 5.56 Å². The third-order valence-corrected chi connectivity index (χ3v) is 6.85. The van der Waals surface area contributed by atoms with Gasteiger partial charge >= 0.3 is 0 Å². The molecule has 5 rings (SSSR count). The van der Waals surface area contributed by atoms with Crippen LogP contribution in [0.1, 0.15) is 37.1 Å². The molecule has 5 heteroatoms. The van der Waals surface area contributed by atoms with E-state index in [-0.39, 0.29) is 5.56 Å². The minimum Gasteiger partial charge on any atom is -0.494 e. The maximum atomic E-state index is 13.5. The fourth-order valence-electron chi connectivity index (χ4n) is 4.88. The van der Waals surface area contributed by atoms with Crippen LogP contribution in [0.5, 0.6) is 5.75 Å². The largest absolute Gasteiger partial charge is 0.494 e. The fraction of sp³-hybridized carbons (Fsp3) is 0.333. The maximum absolute atomic E-state index is 13.5. The van der Waals surface area contributed by atoms with E-state index in [0.29, 0.717) is 23.3 Å². The van der Waals surface area contributed by atoms with Crippen LogP contribution in [0, 0.1) is 13.8 Å². The zero-order valence-corrected chi connectivity index (χ0v) is 20.7. The highest BCUT2D eigenvalue weighted by molar-refractivity contribution is 5.84. The molecule has 1 aliphatic rings. The Morgan fingerprint density at radius 1 is 0.857 bits per heavy atom. The molecule has 1 aromatic heterocycles. The molecule has 0 saturated carbocycles. The standard InChI is InChI=1S/C30H33N3O2/c1-22-7-9-24(10-8-22)25-11-16-29-28(21-25)30(34)33(23(2)31-29)26-12-14-27(15-13-26)35-20-6-19-32-17-4-3-5-18-32/h7-16,21H,3-6,17-20H2,1-2H3. The van der Waals surface area contributed by atoms with Crippen molar-refractivity contribution in [2.24, 2.45) is 0 Å².